The second-order valence-electron chi connectivity index (χ2n) is 5.68. The monoisotopic (exact) mass is 234 g/mol. The van der Waals surface area contributed by atoms with E-state index in [-0.39, 0.29) is 5.54 Å². The largest absolute Gasteiger partial charge is 0.354 e. The Bertz CT molecular complexity index is 420. The third kappa shape index (κ3) is 2.41. The molecule has 0 fully saturated rings. The van der Waals surface area contributed by atoms with Crippen molar-refractivity contribution in [3.63, 3.8) is 0 Å². The van der Waals surface area contributed by atoms with Crippen LogP contribution in [0.25, 0.3) is 0 Å². The molecule has 0 aliphatic carbocycles. The highest BCUT2D eigenvalue weighted by atomic mass is 15.2. The maximum Gasteiger partial charge on any atom is 0.137 e. The summed E-state index contributed by atoms with van der Waals surface area (Å²) in [6.45, 7) is 10.5. The topological polar surface area (TPSA) is 41.1 Å². The fourth-order valence-electron chi connectivity index (χ4n) is 2.04. The predicted octanol–water partition coefficient (Wildman–Crippen LogP) is 1.67. The number of hydrogen-bond acceptors (Lipinski definition) is 4. The van der Waals surface area contributed by atoms with Crippen molar-refractivity contribution in [3.8, 4) is 0 Å². The number of nitrogens with zero attached hydrogens (tertiary/aromatic N) is 3. The SMILES string of the molecule is Cc1nc2c(c(N(C)C(C)(C)C)n1)CNCC2. The molecule has 17 heavy (non-hydrogen) atoms. The van der Waals surface area contributed by atoms with Gasteiger partial charge in [-0.25, -0.2) is 9.97 Å². The van der Waals surface area contributed by atoms with Gasteiger partial charge in [-0.2, -0.15) is 0 Å². The fraction of sp³-hybridized carbons (Fsp3) is 0.692. The molecule has 2 rings (SSSR count). The highest BCUT2D eigenvalue weighted by Gasteiger charge is 2.24. The van der Waals surface area contributed by atoms with Gasteiger partial charge >= 0.3 is 0 Å². The molecule has 0 spiro atoms. The van der Waals surface area contributed by atoms with Gasteiger partial charge in [-0.3, -0.25) is 0 Å². The Labute approximate surface area is 103 Å². The van der Waals surface area contributed by atoms with Crippen molar-refractivity contribution in [2.24, 2.45) is 0 Å². The lowest BCUT2D eigenvalue weighted by Gasteiger charge is -2.35. The van der Waals surface area contributed by atoms with Gasteiger partial charge in [-0.1, -0.05) is 0 Å². The van der Waals surface area contributed by atoms with Crippen LogP contribution in [-0.4, -0.2) is 29.1 Å². The summed E-state index contributed by atoms with van der Waals surface area (Å²) in [5, 5.41) is 3.40. The molecule has 1 aromatic heterocycles. The molecular formula is C13H22N4. The molecule has 4 heteroatoms. The zero-order valence-corrected chi connectivity index (χ0v) is 11.5. The van der Waals surface area contributed by atoms with Gasteiger partial charge in [0.05, 0.1) is 5.69 Å². The van der Waals surface area contributed by atoms with Gasteiger partial charge < -0.3 is 10.2 Å². The van der Waals surface area contributed by atoms with E-state index >= 15 is 0 Å². The van der Waals surface area contributed by atoms with Crippen LogP contribution in [0.1, 0.15) is 37.9 Å². The van der Waals surface area contributed by atoms with Gasteiger partial charge in [0.15, 0.2) is 0 Å². The molecule has 1 aliphatic heterocycles. The normalized spacial score (nSPS) is 15.6. The van der Waals surface area contributed by atoms with Crippen molar-refractivity contribution in [2.75, 3.05) is 18.5 Å². The molecule has 94 valence electrons. The molecule has 2 heterocycles. The summed E-state index contributed by atoms with van der Waals surface area (Å²) in [6.07, 6.45) is 1.00. The standard InChI is InChI=1S/C13H22N4/c1-9-15-11-6-7-14-8-10(11)12(16-9)17(5)13(2,3)4/h14H,6-8H2,1-5H3. The van der Waals surface area contributed by atoms with E-state index in [1.165, 1.54) is 11.3 Å². The molecule has 4 nitrogen and oxygen atoms in total. The lowest BCUT2D eigenvalue weighted by molar-refractivity contribution is 0.524. The van der Waals surface area contributed by atoms with Crippen LogP contribution in [0.4, 0.5) is 5.82 Å². The second kappa shape index (κ2) is 4.26. The van der Waals surface area contributed by atoms with E-state index in [0.717, 1.165) is 31.2 Å². The van der Waals surface area contributed by atoms with Crippen LogP contribution in [0.2, 0.25) is 0 Å². The minimum atomic E-state index is 0.0754. The van der Waals surface area contributed by atoms with Crippen molar-refractivity contribution in [3.05, 3.63) is 17.1 Å². The number of aromatic nitrogens is 2. The second-order valence-corrected chi connectivity index (χ2v) is 5.68. The average molecular weight is 234 g/mol. The first-order valence-corrected chi connectivity index (χ1v) is 6.20. The van der Waals surface area contributed by atoms with E-state index in [1.54, 1.807) is 0 Å². The number of nitrogens with one attached hydrogen (secondary N) is 1. The highest BCUT2D eigenvalue weighted by molar-refractivity contribution is 5.51. The van der Waals surface area contributed by atoms with Crippen LogP contribution in [0, 0.1) is 6.92 Å². The van der Waals surface area contributed by atoms with Crippen LogP contribution in [0.5, 0.6) is 0 Å². The number of fused-ring (bicyclic) bond motifs is 1. The fourth-order valence-corrected chi connectivity index (χ4v) is 2.04. The zero-order valence-electron chi connectivity index (χ0n) is 11.5. The average Bonchev–Trinajstić information content (AvgIpc) is 2.25. The Kier molecular flexibility index (Phi) is 3.08. The lowest BCUT2D eigenvalue weighted by atomic mass is 10.0. The highest BCUT2D eigenvalue weighted by Crippen LogP contribution is 2.27. The molecule has 0 radical (unpaired) electrons. The van der Waals surface area contributed by atoms with Crippen LogP contribution < -0.4 is 10.2 Å². The number of anilines is 1. The van der Waals surface area contributed by atoms with Crippen molar-refractivity contribution >= 4 is 5.82 Å². The van der Waals surface area contributed by atoms with Crippen molar-refractivity contribution in [1.29, 1.82) is 0 Å². The molecule has 0 aromatic carbocycles. The molecular weight excluding hydrogens is 212 g/mol. The lowest BCUT2D eigenvalue weighted by Crippen LogP contribution is -2.40. The Hall–Kier alpha value is -1.16. The molecule has 0 unspecified atom stereocenters. The number of aryl methyl sites for hydroxylation is 1. The van der Waals surface area contributed by atoms with E-state index in [4.69, 9.17) is 0 Å². The summed E-state index contributed by atoms with van der Waals surface area (Å²) in [7, 11) is 2.11. The number of rotatable bonds is 1. The zero-order chi connectivity index (χ0) is 12.6. The minimum absolute atomic E-state index is 0.0754. The summed E-state index contributed by atoms with van der Waals surface area (Å²) < 4.78 is 0. The maximum atomic E-state index is 4.63. The summed E-state index contributed by atoms with van der Waals surface area (Å²) >= 11 is 0. The van der Waals surface area contributed by atoms with Crippen molar-refractivity contribution in [2.45, 2.75) is 46.2 Å². The first-order chi connectivity index (χ1) is 7.89. The Balaban J connectivity index is 2.49. The summed E-state index contributed by atoms with van der Waals surface area (Å²) in [4.78, 5) is 11.4. The molecule has 0 atom stereocenters. The van der Waals surface area contributed by atoms with E-state index < -0.39 is 0 Å². The summed E-state index contributed by atoms with van der Waals surface area (Å²) in [6, 6.07) is 0. The van der Waals surface area contributed by atoms with Gasteiger partial charge in [0.25, 0.3) is 0 Å². The smallest absolute Gasteiger partial charge is 0.137 e. The van der Waals surface area contributed by atoms with Gasteiger partial charge in [0.2, 0.25) is 0 Å². The molecule has 0 bridgehead atoms. The summed E-state index contributed by atoms with van der Waals surface area (Å²) in [5.74, 6) is 1.95. The Morgan fingerprint density at radius 2 is 1.94 bits per heavy atom. The Morgan fingerprint density at radius 3 is 2.59 bits per heavy atom. The van der Waals surface area contributed by atoms with Gasteiger partial charge in [-0.05, 0) is 27.7 Å². The maximum absolute atomic E-state index is 4.63. The van der Waals surface area contributed by atoms with Crippen LogP contribution in [-0.2, 0) is 13.0 Å². The first kappa shape index (κ1) is 12.3. The van der Waals surface area contributed by atoms with Crippen LogP contribution in [0.15, 0.2) is 0 Å². The van der Waals surface area contributed by atoms with Crippen molar-refractivity contribution < 1.29 is 0 Å². The molecule has 0 amide bonds. The third-order valence-corrected chi connectivity index (χ3v) is 3.35. The minimum Gasteiger partial charge on any atom is -0.354 e. The molecule has 1 aromatic rings. The van der Waals surface area contributed by atoms with E-state index in [1.807, 2.05) is 6.92 Å². The van der Waals surface area contributed by atoms with E-state index in [9.17, 15) is 0 Å². The quantitative estimate of drug-likeness (QED) is 0.802. The molecule has 0 saturated carbocycles. The van der Waals surface area contributed by atoms with E-state index in [2.05, 4.69) is 48.0 Å². The first-order valence-electron chi connectivity index (χ1n) is 6.20. The molecule has 1 N–H and O–H groups in total. The number of hydrogen-bond donors (Lipinski definition) is 1. The third-order valence-electron chi connectivity index (χ3n) is 3.35. The van der Waals surface area contributed by atoms with Crippen LogP contribution in [0.3, 0.4) is 0 Å². The summed E-state index contributed by atoms with van der Waals surface area (Å²) in [5.41, 5.74) is 2.55. The van der Waals surface area contributed by atoms with Gasteiger partial charge in [0.1, 0.15) is 11.6 Å². The van der Waals surface area contributed by atoms with Gasteiger partial charge in [-0.15, -0.1) is 0 Å². The van der Waals surface area contributed by atoms with E-state index in [0.29, 0.717) is 0 Å². The van der Waals surface area contributed by atoms with Crippen molar-refractivity contribution in [1.82, 2.24) is 15.3 Å². The molecule has 0 saturated heterocycles. The predicted molar refractivity (Wildman–Crippen MR) is 70.3 cm³/mol. The van der Waals surface area contributed by atoms with Crippen LogP contribution >= 0.6 is 0 Å². The molecule has 1 aliphatic rings. The van der Waals surface area contributed by atoms with Gasteiger partial charge in [0, 0.05) is 37.7 Å². The Morgan fingerprint density at radius 1 is 1.24 bits per heavy atom.